The van der Waals surface area contributed by atoms with Gasteiger partial charge in [0.05, 0.1) is 28.8 Å². The van der Waals surface area contributed by atoms with E-state index < -0.39 is 6.04 Å². The summed E-state index contributed by atoms with van der Waals surface area (Å²) in [5.74, 6) is -0.802. The van der Waals surface area contributed by atoms with Crippen LogP contribution in [0.4, 0.5) is 31.5 Å². The van der Waals surface area contributed by atoms with Crippen molar-refractivity contribution in [3.8, 4) is 44.5 Å². The highest BCUT2D eigenvalue weighted by Crippen LogP contribution is 2.54. The predicted molar refractivity (Wildman–Crippen MR) is 305 cm³/mol. The third kappa shape index (κ3) is 7.84. The first kappa shape index (κ1) is 46.5. The number of hydrogen-bond donors (Lipinski definition) is 0. The van der Waals surface area contributed by atoms with Crippen LogP contribution in [0.1, 0.15) is 33.4 Å². The number of rotatable bonds is 10. The molecule has 4 aliphatic carbocycles. The average molecular weight is 963 g/mol. The SMILES string of the molecule is Cc1cccc(-c2ccc(N(C3=C4C=CC5=C6C(=CC=C(C=C3)C46)C(N(c3ccccc3F)c3ccc(-c4cccc(C)c4C)cc3-c3ccccc3)C=C5)c3ccccc3F)c(-c3cccc(C)c3C)c2)c1C. The molecule has 2 nitrogen and oxygen atoms in total. The first-order valence-electron chi connectivity index (χ1n) is 25.6. The van der Waals surface area contributed by atoms with Crippen LogP contribution < -0.4 is 9.80 Å². The Bertz CT molecular complexity index is 3840. The number of hydrogen-bond acceptors (Lipinski definition) is 2. The van der Waals surface area contributed by atoms with Gasteiger partial charge in [0.25, 0.3) is 0 Å². The van der Waals surface area contributed by atoms with Gasteiger partial charge in [0.15, 0.2) is 0 Å². The van der Waals surface area contributed by atoms with Crippen LogP contribution in [0.25, 0.3) is 44.5 Å². The number of anilines is 4. The van der Waals surface area contributed by atoms with Gasteiger partial charge in [-0.05, 0) is 191 Å². The maximum atomic E-state index is 16.9. The summed E-state index contributed by atoms with van der Waals surface area (Å²) in [7, 11) is 0. The minimum atomic E-state index is -0.393. The van der Waals surface area contributed by atoms with E-state index in [4.69, 9.17) is 0 Å². The molecule has 4 heteroatoms. The molecule has 0 N–H and O–H groups in total. The molecular formula is C70H56F2N2. The Balaban J connectivity index is 1.04. The molecule has 0 radical (unpaired) electrons. The Morgan fingerprint density at radius 3 is 1.62 bits per heavy atom. The summed E-state index contributed by atoms with van der Waals surface area (Å²) in [5.41, 5.74) is 25.1. The molecule has 0 bridgehead atoms. The number of halogens is 2. The van der Waals surface area contributed by atoms with Gasteiger partial charge >= 0.3 is 0 Å². The Labute approximate surface area is 434 Å². The van der Waals surface area contributed by atoms with E-state index in [2.05, 4.69) is 215 Å². The normalized spacial score (nSPS) is 16.3. The van der Waals surface area contributed by atoms with Crippen molar-refractivity contribution in [3.63, 3.8) is 0 Å². The minimum absolute atomic E-state index is 0.183. The van der Waals surface area contributed by atoms with Gasteiger partial charge in [-0.25, -0.2) is 8.78 Å². The number of benzene rings is 8. The summed E-state index contributed by atoms with van der Waals surface area (Å²) in [6.07, 6.45) is 17.7. The van der Waals surface area contributed by atoms with E-state index in [1.807, 2.05) is 30.3 Å². The van der Waals surface area contributed by atoms with Crippen molar-refractivity contribution in [3.05, 3.63) is 297 Å². The maximum absolute atomic E-state index is 16.9. The smallest absolute Gasteiger partial charge is 0.147 e. The summed E-state index contributed by atoms with van der Waals surface area (Å²) < 4.78 is 33.7. The molecular weight excluding hydrogens is 907 g/mol. The first-order valence-corrected chi connectivity index (χ1v) is 25.6. The van der Waals surface area contributed by atoms with E-state index in [9.17, 15) is 0 Å². The molecule has 2 unspecified atom stereocenters. The van der Waals surface area contributed by atoms with Gasteiger partial charge in [0, 0.05) is 22.7 Å². The van der Waals surface area contributed by atoms with Crippen molar-refractivity contribution in [2.75, 3.05) is 9.80 Å². The van der Waals surface area contributed by atoms with Gasteiger partial charge in [-0.3, -0.25) is 0 Å². The summed E-state index contributed by atoms with van der Waals surface area (Å²) in [6, 6.07) is 57.0. The molecule has 12 rings (SSSR count). The van der Waals surface area contributed by atoms with Crippen LogP contribution in [0, 0.1) is 59.1 Å². The summed E-state index contributed by atoms with van der Waals surface area (Å²) in [5, 5.41) is 0. The molecule has 0 saturated carbocycles. The summed E-state index contributed by atoms with van der Waals surface area (Å²) in [4.78, 5) is 4.33. The Hall–Kier alpha value is -8.60. The lowest BCUT2D eigenvalue weighted by Gasteiger charge is -2.44. The Kier molecular flexibility index (Phi) is 11.8. The largest absolute Gasteiger partial charge is 0.327 e. The third-order valence-electron chi connectivity index (χ3n) is 16.0. The van der Waals surface area contributed by atoms with Gasteiger partial charge in [0.1, 0.15) is 11.6 Å². The fraction of sp³-hybridized carbons (Fsp3) is 0.114. The van der Waals surface area contributed by atoms with E-state index in [-0.39, 0.29) is 17.6 Å². The molecule has 8 aromatic carbocycles. The molecule has 0 aromatic heterocycles. The maximum Gasteiger partial charge on any atom is 0.147 e. The number of nitrogens with zero attached hydrogens (tertiary/aromatic N) is 2. The standard InChI is InChI=1S/C70H56F2N2/c1-43-17-14-22-54(46(43)4)52-33-39-65(59(41-52)49-20-8-7-9-21-49)73(67-27-12-10-25-61(67)71)63-37-31-50-30-36-58-64(38-32-51-29-35-57(63)69(50)70(51)58)74(68-28-13-11-26-62(68)72)66-40-34-53(55-23-15-18-44(2)47(55)5)42-60(66)56-24-16-19-45(3)48(56)6/h7-42,63,70H,1-6H3. The summed E-state index contributed by atoms with van der Waals surface area (Å²) in [6.45, 7) is 13.0. The van der Waals surface area contributed by atoms with Crippen molar-refractivity contribution < 1.29 is 8.78 Å². The Morgan fingerprint density at radius 1 is 0.405 bits per heavy atom. The lowest BCUT2D eigenvalue weighted by molar-refractivity contribution is 0.622. The molecule has 8 aromatic rings. The zero-order valence-electron chi connectivity index (χ0n) is 42.6. The van der Waals surface area contributed by atoms with E-state index >= 15 is 8.78 Å². The van der Waals surface area contributed by atoms with Crippen LogP contribution in [-0.4, -0.2) is 6.04 Å². The monoisotopic (exact) mass is 962 g/mol. The van der Waals surface area contributed by atoms with E-state index in [1.54, 1.807) is 24.3 Å². The summed E-state index contributed by atoms with van der Waals surface area (Å²) >= 11 is 0. The van der Waals surface area contributed by atoms with Gasteiger partial charge in [0.2, 0.25) is 0 Å². The predicted octanol–water partition coefficient (Wildman–Crippen LogP) is 18.6. The molecule has 74 heavy (non-hydrogen) atoms. The van der Waals surface area contributed by atoms with E-state index in [1.165, 1.54) is 44.5 Å². The number of para-hydroxylation sites is 2. The van der Waals surface area contributed by atoms with Gasteiger partial charge in [-0.1, -0.05) is 164 Å². The fourth-order valence-corrected chi connectivity index (χ4v) is 11.7. The minimum Gasteiger partial charge on any atom is -0.327 e. The van der Waals surface area contributed by atoms with E-state index in [0.29, 0.717) is 11.4 Å². The lowest BCUT2D eigenvalue weighted by Crippen LogP contribution is -2.38. The van der Waals surface area contributed by atoms with Crippen molar-refractivity contribution in [1.82, 2.24) is 0 Å². The van der Waals surface area contributed by atoms with E-state index in [0.717, 1.165) is 78.3 Å². The molecule has 0 spiro atoms. The van der Waals surface area contributed by atoms with Crippen LogP contribution in [0.2, 0.25) is 0 Å². The van der Waals surface area contributed by atoms with Crippen molar-refractivity contribution >= 4 is 22.7 Å². The van der Waals surface area contributed by atoms with Crippen molar-refractivity contribution in [2.45, 2.75) is 47.6 Å². The molecule has 2 atom stereocenters. The second kappa shape index (κ2) is 18.8. The number of aryl methyl sites for hydroxylation is 3. The highest BCUT2D eigenvalue weighted by atomic mass is 19.1. The van der Waals surface area contributed by atoms with Gasteiger partial charge in [-0.2, -0.15) is 0 Å². The van der Waals surface area contributed by atoms with Crippen molar-refractivity contribution in [2.24, 2.45) is 5.92 Å². The molecule has 0 heterocycles. The molecule has 4 aliphatic rings. The first-order chi connectivity index (χ1) is 36.0. The zero-order valence-corrected chi connectivity index (χ0v) is 42.6. The lowest BCUT2D eigenvalue weighted by atomic mass is 9.67. The second-order valence-corrected chi connectivity index (χ2v) is 20.1. The highest BCUT2D eigenvalue weighted by molar-refractivity contribution is 5.92. The van der Waals surface area contributed by atoms with Crippen LogP contribution >= 0.6 is 0 Å². The molecule has 0 aliphatic heterocycles. The second-order valence-electron chi connectivity index (χ2n) is 20.1. The van der Waals surface area contributed by atoms with Crippen LogP contribution in [0.15, 0.2) is 252 Å². The Morgan fingerprint density at radius 2 is 0.973 bits per heavy atom. The van der Waals surface area contributed by atoms with Crippen molar-refractivity contribution in [1.29, 1.82) is 0 Å². The quantitative estimate of drug-likeness (QED) is 0.135. The molecule has 0 saturated heterocycles. The molecule has 0 fully saturated rings. The topological polar surface area (TPSA) is 6.48 Å². The van der Waals surface area contributed by atoms with Gasteiger partial charge < -0.3 is 9.80 Å². The third-order valence-corrected chi connectivity index (χ3v) is 16.0. The van der Waals surface area contributed by atoms with Crippen LogP contribution in [-0.2, 0) is 0 Å². The molecule has 360 valence electrons. The number of allylic oxidation sites excluding steroid dienone is 10. The van der Waals surface area contributed by atoms with Gasteiger partial charge in [-0.15, -0.1) is 0 Å². The van der Waals surface area contributed by atoms with Crippen LogP contribution in [0.5, 0.6) is 0 Å². The average Bonchev–Trinajstić information content (AvgIpc) is 3.43. The molecule has 0 amide bonds. The fourth-order valence-electron chi connectivity index (χ4n) is 11.7. The van der Waals surface area contributed by atoms with Crippen LogP contribution in [0.3, 0.4) is 0 Å². The zero-order chi connectivity index (χ0) is 50.8. The highest BCUT2D eigenvalue weighted by Gasteiger charge is 2.41.